The number of amides is 3. The SMILES string of the molecule is C=CCOC(=O)N(C)[C@H](CC(C)C)C(=O)N(C)[C@@H](C(=O)N[C@@H](COc1cnc2ccccc2c1C(=O)O)Cc1ccccc1)C1CCCC1. The summed E-state index contributed by atoms with van der Waals surface area (Å²) in [6.45, 7) is 7.51. The van der Waals surface area contributed by atoms with Crippen molar-refractivity contribution < 1.29 is 33.8 Å². The van der Waals surface area contributed by atoms with Gasteiger partial charge < -0.3 is 24.8 Å². The van der Waals surface area contributed by atoms with E-state index in [1.54, 1.807) is 31.3 Å². The van der Waals surface area contributed by atoms with E-state index in [0.29, 0.717) is 23.7 Å². The van der Waals surface area contributed by atoms with Crippen LogP contribution in [0.25, 0.3) is 10.9 Å². The largest absolute Gasteiger partial charge is 0.489 e. The minimum Gasteiger partial charge on any atom is -0.489 e. The Hall–Kier alpha value is -4.93. The molecule has 1 aromatic heterocycles. The zero-order chi connectivity index (χ0) is 35.5. The Morgan fingerprint density at radius 2 is 1.69 bits per heavy atom. The number of benzene rings is 2. The number of nitrogens with zero attached hydrogens (tertiary/aromatic N) is 3. The Labute approximate surface area is 288 Å². The quantitative estimate of drug-likeness (QED) is 0.184. The minimum atomic E-state index is -1.15. The van der Waals surface area contributed by atoms with Crippen LogP contribution in [0.5, 0.6) is 5.75 Å². The van der Waals surface area contributed by atoms with Gasteiger partial charge >= 0.3 is 12.1 Å². The number of pyridine rings is 1. The number of carboxylic acids is 1. The highest BCUT2D eigenvalue weighted by atomic mass is 16.6. The molecule has 0 saturated heterocycles. The molecule has 0 bridgehead atoms. The highest BCUT2D eigenvalue weighted by Crippen LogP contribution is 2.32. The zero-order valence-electron chi connectivity index (χ0n) is 28.8. The van der Waals surface area contributed by atoms with E-state index in [-0.39, 0.29) is 48.2 Å². The van der Waals surface area contributed by atoms with Crippen LogP contribution in [0.2, 0.25) is 0 Å². The van der Waals surface area contributed by atoms with E-state index in [0.717, 1.165) is 31.2 Å². The maximum Gasteiger partial charge on any atom is 0.410 e. The number of aromatic carboxylic acids is 1. The van der Waals surface area contributed by atoms with Gasteiger partial charge in [-0.05, 0) is 49.1 Å². The molecule has 0 aliphatic heterocycles. The van der Waals surface area contributed by atoms with Gasteiger partial charge in [0.1, 0.15) is 30.9 Å². The number of carbonyl (C=O) groups is 4. The molecule has 4 rings (SSSR count). The summed E-state index contributed by atoms with van der Waals surface area (Å²) in [6, 6.07) is 14.4. The van der Waals surface area contributed by atoms with Crippen molar-refractivity contribution >= 4 is 34.8 Å². The first-order chi connectivity index (χ1) is 23.5. The predicted molar refractivity (Wildman–Crippen MR) is 187 cm³/mol. The van der Waals surface area contributed by atoms with Gasteiger partial charge in [-0.15, -0.1) is 0 Å². The second-order valence-electron chi connectivity index (χ2n) is 13.1. The van der Waals surface area contributed by atoms with E-state index in [4.69, 9.17) is 9.47 Å². The van der Waals surface area contributed by atoms with E-state index in [1.165, 1.54) is 29.1 Å². The molecule has 1 saturated carbocycles. The molecule has 0 spiro atoms. The van der Waals surface area contributed by atoms with Crippen LogP contribution in [0, 0.1) is 11.8 Å². The van der Waals surface area contributed by atoms with Crippen LogP contribution in [-0.2, 0) is 20.7 Å². The van der Waals surface area contributed by atoms with Crippen molar-refractivity contribution in [1.82, 2.24) is 20.1 Å². The van der Waals surface area contributed by atoms with Crippen LogP contribution in [0.3, 0.4) is 0 Å². The number of para-hydroxylation sites is 1. The number of rotatable bonds is 16. The Morgan fingerprint density at radius 1 is 1.02 bits per heavy atom. The van der Waals surface area contributed by atoms with E-state index in [9.17, 15) is 24.3 Å². The van der Waals surface area contributed by atoms with E-state index in [1.807, 2.05) is 44.2 Å². The van der Waals surface area contributed by atoms with Gasteiger partial charge in [0, 0.05) is 19.5 Å². The molecular weight excluding hydrogens is 624 g/mol. The predicted octanol–water partition coefficient (Wildman–Crippen LogP) is 5.73. The zero-order valence-corrected chi connectivity index (χ0v) is 28.8. The summed E-state index contributed by atoms with van der Waals surface area (Å²) in [7, 11) is 3.17. The molecule has 11 heteroatoms. The lowest BCUT2D eigenvalue weighted by molar-refractivity contribution is -0.145. The van der Waals surface area contributed by atoms with Crippen molar-refractivity contribution in [3.63, 3.8) is 0 Å². The van der Waals surface area contributed by atoms with Gasteiger partial charge in [0.2, 0.25) is 11.8 Å². The van der Waals surface area contributed by atoms with Crippen LogP contribution in [0.15, 0.2) is 73.4 Å². The Kier molecular flexibility index (Phi) is 13.1. The standard InChI is InChI=1S/C38H48N4O7/c1-6-20-48-38(47)41(4)31(21-25(2)3)36(44)42(5)34(27-16-10-11-17-27)35(43)40-28(22-26-14-8-7-9-15-26)24-49-32-23-39-30-19-13-12-18-29(30)33(32)37(45)46/h6-9,12-15,18-19,23,25,27-28,31,34H,1,10-11,16-17,20-22,24H2,2-5H3,(H,40,43)(H,45,46)/t28-,31-,34-/m1/s1. The number of carbonyl (C=O) groups excluding carboxylic acids is 3. The third kappa shape index (κ3) is 9.58. The number of likely N-dealkylation sites (N-methyl/N-ethyl adjacent to an activating group) is 2. The first-order valence-electron chi connectivity index (χ1n) is 16.9. The molecule has 49 heavy (non-hydrogen) atoms. The van der Waals surface area contributed by atoms with Crippen molar-refractivity contribution in [1.29, 1.82) is 0 Å². The second-order valence-corrected chi connectivity index (χ2v) is 13.1. The van der Waals surface area contributed by atoms with E-state index in [2.05, 4.69) is 16.9 Å². The van der Waals surface area contributed by atoms with Crippen LogP contribution in [-0.4, -0.2) is 89.2 Å². The molecular formula is C38H48N4O7. The molecule has 262 valence electrons. The Morgan fingerprint density at radius 3 is 2.35 bits per heavy atom. The fourth-order valence-corrected chi connectivity index (χ4v) is 6.56. The number of fused-ring (bicyclic) bond motifs is 1. The molecule has 2 aromatic carbocycles. The highest BCUT2D eigenvalue weighted by molar-refractivity contribution is 6.04. The van der Waals surface area contributed by atoms with Gasteiger partial charge in [-0.1, -0.05) is 87.9 Å². The molecule has 2 N–H and O–H groups in total. The highest BCUT2D eigenvalue weighted by Gasteiger charge is 2.40. The van der Waals surface area contributed by atoms with Crippen LogP contribution in [0.4, 0.5) is 4.79 Å². The average Bonchev–Trinajstić information content (AvgIpc) is 3.62. The van der Waals surface area contributed by atoms with Gasteiger partial charge in [0.15, 0.2) is 5.75 Å². The van der Waals surface area contributed by atoms with Gasteiger partial charge in [0.25, 0.3) is 0 Å². The smallest absolute Gasteiger partial charge is 0.410 e. The fourth-order valence-electron chi connectivity index (χ4n) is 6.56. The van der Waals surface area contributed by atoms with Crippen molar-refractivity contribution in [2.45, 2.75) is 70.5 Å². The van der Waals surface area contributed by atoms with Crippen LogP contribution < -0.4 is 10.1 Å². The van der Waals surface area contributed by atoms with Crippen LogP contribution in [0.1, 0.15) is 61.9 Å². The maximum atomic E-state index is 14.3. The summed E-state index contributed by atoms with van der Waals surface area (Å²) in [5.74, 6) is -1.71. The van der Waals surface area contributed by atoms with Gasteiger partial charge in [-0.2, -0.15) is 0 Å². The molecule has 0 radical (unpaired) electrons. The third-order valence-corrected chi connectivity index (χ3v) is 9.01. The summed E-state index contributed by atoms with van der Waals surface area (Å²) >= 11 is 0. The maximum absolute atomic E-state index is 14.3. The number of ether oxygens (including phenoxy) is 2. The van der Waals surface area contributed by atoms with Gasteiger partial charge in [-0.25, -0.2) is 9.59 Å². The van der Waals surface area contributed by atoms with Crippen molar-refractivity contribution in [2.75, 3.05) is 27.3 Å². The minimum absolute atomic E-state index is 0.00326. The number of hydrogen-bond acceptors (Lipinski definition) is 7. The van der Waals surface area contributed by atoms with Gasteiger partial charge in [-0.3, -0.25) is 19.5 Å². The molecule has 1 heterocycles. The lowest BCUT2D eigenvalue weighted by atomic mass is 9.93. The molecule has 11 nitrogen and oxygen atoms in total. The first-order valence-corrected chi connectivity index (χ1v) is 16.9. The molecule has 1 aliphatic carbocycles. The number of hydrogen-bond donors (Lipinski definition) is 2. The lowest BCUT2D eigenvalue weighted by Crippen LogP contribution is -2.58. The summed E-state index contributed by atoms with van der Waals surface area (Å²) in [5.41, 5.74) is 1.48. The summed E-state index contributed by atoms with van der Waals surface area (Å²) in [6.07, 6.45) is 6.47. The molecule has 1 fully saturated rings. The molecule has 3 atom stereocenters. The van der Waals surface area contributed by atoms with Crippen LogP contribution >= 0.6 is 0 Å². The monoisotopic (exact) mass is 672 g/mol. The summed E-state index contributed by atoms with van der Waals surface area (Å²) < 4.78 is 11.4. The molecule has 3 aromatic rings. The average molecular weight is 673 g/mol. The normalized spacial score (nSPS) is 14.9. The van der Waals surface area contributed by atoms with E-state index >= 15 is 0 Å². The van der Waals surface area contributed by atoms with Crippen molar-refractivity contribution in [3.8, 4) is 5.75 Å². The second kappa shape index (κ2) is 17.5. The fraction of sp³-hybridized carbons (Fsp3) is 0.447. The molecule has 3 amide bonds. The van der Waals surface area contributed by atoms with Gasteiger partial charge in [0.05, 0.1) is 17.8 Å². The molecule has 0 unspecified atom stereocenters. The van der Waals surface area contributed by atoms with Crippen molar-refractivity contribution in [3.05, 3.63) is 84.6 Å². The first kappa shape index (κ1) is 36.9. The summed E-state index contributed by atoms with van der Waals surface area (Å²) in [5, 5.41) is 13.7. The third-order valence-electron chi connectivity index (χ3n) is 9.01. The Bertz CT molecular complexity index is 1610. The van der Waals surface area contributed by atoms with Crippen molar-refractivity contribution in [2.24, 2.45) is 11.8 Å². The lowest BCUT2D eigenvalue weighted by Gasteiger charge is -2.37. The number of aromatic nitrogens is 1. The summed E-state index contributed by atoms with van der Waals surface area (Å²) in [4.78, 5) is 60.9. The topological polar surface area (TPSA) is 138 Å². The number of carboxylic acid groups (broad SMARTS) is 1. The Balaban J connectivity index is 1.61. The van der Waals surface area contributed by atoms with E-state index < -0.39 is 30.2 Å². The number of nitrogens with one attached hydrogen (secondary N) is 1. The molecule has 1 aliphatic rings.